The number of hydrogen-bond acceptors (Lipinski definition) is 5. The van der Waals surface area contributed by atoms with Crippen molar-refractivity contribution in [1.82, 2.24) is 4.90 Å². The predicted molar refractivity (Wildman–Crippen MR) is 132 cm³/mol. The molecule has 0 bridgehead atoms. The van der Waals surface area contributed by atoms with Gasteiger partial charge in [0.1, 0.15) is 6.10 Å². The molecule has 180 valence electrons. The van der Waals surface area contributed by atoms with Crippen LogP contribution in [0.5, 0.6) is 0 Å². The molecule has 0 aromatic heterocycles. The van der Waals surface area contributed by atoms with Crippen molar-refractivity contribution in [2.75, 3.05) is 37.6 Å². The fraction of sp³-hybridized carbons (Fsp3) is 0.630. The normalized spacial score (nSPS) is 33.8. The van der Waals surface area contributed by atoms with E-state index < -0.39 is 11.7 Å². The largest absolute Gasteiger partial charge is 0.457 e. The van der Waals surface area contributed by atoms with Crippen LogP contribution in [0.25, 0.3) is 0 Å². The van der Waals surface area contributed by atoms with E-state index in [9.17, 15) is 9.90 Å². The number of esters is 1. The Morgan fingerprint density at radius 2 is 1.91 bits per heavy atom. The Bertz CT molecular complexity index is 865. The number of halogens is 1. The van der Waals surface area contributed by atoms with E-state index in [1.807, 2.05) is 19.1 Å². The fourth-order valence-corrected chi connectivity index (χ4v) is 6.12. The number of carbonyl (C=O) groups is 1. The number of anilines is 1. The van der Waals surface area contributed by atoms with Gasteiger partial charge in [-0.1, -0.05) is 31.5 Å². The van der Waals surface area contributed by atoms with Crippen LogP contribution >= 0.6 is 11.6 Å². The smallest absolute Gasteiger partial charge is 0.303 e. The minimum atomic E-state index is -1.05. The molecule has 1 aromatic rings. The van der Waals surface area contributed by atoms with Crippen molar-refractivity contribution in [3.05, 3.63) is 47.4 Å². The first-order valence-electron chi connectivity index (χ1n) is 12.3. The molecule has 6 heteroatoms. The highest BCUT2D eigenvalue weighted by Gasteiger charge is 2.53. The topological polar surface area (TPSA) is 53.0 Å². The Labute approximate surface area is 203 Å². The zero-order valence-corrected chi connectivity index (χ0v) is 21.0. The van der Waals surface area contributed by atoms with Gasteiger partial charge >= 0.3 is 5.97 Å². The number of hydrogen-bond donors (Lipinski definition) is 1. The average molecular weight is 473 g/mol. The molecule has 5 nitrogen and oxygen atoms in total. The van der Waals surface area contributed by atoms with Gasteiger partial charge in [-0.25, -0.2) is 0 Å². The third-order valence-corrected chi connectivity index (χ3v) is 8.25. The van der Waals surface area contributed by atoms with E-state index >= 15 is 0 Å². The molecule has 6 atom stereocenters. The Kier molecular flexibility index (Phi) is 7.42. The summed E-state index contributed by atoms with van der Waals surface area (Å²) in [7, 11) is 0. The summed E-state index contributed by atoms with van der Waals surface area (Å²) in [5, 5.41) is 12.5. The van der Waals surface area contributed by atoms with Gasteiger partial charge in [-0.05, 0) is 67.4 Å². The fourth-order valence-electron chi connectivity index (χ4n) is 5.99. The van der Waals surface area contributed by atoms with Crippen molar-refractivity contribution in [3.63, 3.8) is 0 Å². The molecule has 3 aliphatic rings. The maximum atomic E-state index is 11.7. The van der Waals surface area contributed by atoms with E-state index in [0.29, 0.717) is 11.8 Å². The molecule has 2 aliphatic carbocycles. The van der Waals surface area contributed by atoms with Gasteiger partial charge in [0.05, 0.1) is 12.0 Å². The monoisotopic (exact) mass is 472 g/mol. The number of aliphatic hydroxyl groups is 1. The summed E-state index contributed by atoms with van der Waals surface area (Å²) >= 11 is 6.04. The van der Waals surface area contributed by atoms with Gasteiger partial charge in [0.2, 0.25) is 0 Å². The average Bonchev–Trinajstić information content (AvgIpc) is 2.77. The first kappa shape index (κ1) is 24.6. The number of nitrogens with zero attached hydrogens (tertiary/aromatic N) is 2. The second kappa shape index (κ2) is 9.97. The lowest BCUT2D eigenvalue weighted by atomic mass is 9.57. The Hall–Kier alpha value is -1.56. The molecule has 4 rings (SSSR count). The maximum absolute atomic E-state index is 11.7. The quantitative estimate of drug-likeness (QED) is 0.506. The van der Waals surface area contributed by atoms with Gasteiger partial charge < -0.3 is 14.7 Å². The minimum Gasteiger partial charge on any atom is -0.457 e. The molecule has 0 spiro atoms. The molecule has 33 heavy (non-hydrogen) atoms. The summed E-state index contributed by atoms with van der Waals surface area (Å²) in [5.41, 5.74) is 1.15. The molecular weight excluding hydrogens is 436 g/mol. The van der Waals surface area contributed by atoms with Crippen molar-refractivity contribution >= 4 is 23.3 Å². The van der Waals surface area contributed by atoms with Gasteiger partial charge in [0.15, 0.2) is 0 Å². The van der Waals surface area contributed by atoms with Crippen LogP contribution in [0.4, 0.5) is 5.69 Å². The molecule has 1 aliphatic heterocycles. The highest BCUT2D eigenvalue weighted by atomic mass is 35.5. The van der Waals surface area contributed by atoms with Crippen LogP contribution in [0.1, 0.15) is 40.5 Å². The van der Waals surface area contributed by atoms with E-state index in [4.69, 9.17) is 16.3 Å². The Balaban J connectivity index is 1.40. The molecule has 1 saturated carbocycles. The number of carbonyl (C=O) groups excluding carboxylic acids is 1. The predicted octanol–water partition coefficient (Wildman–Crippen LogP) is 4.46. The molecule has 0 unspecified atom stereocenters. The Morgan fingerprint density at radius 1 is 1.24 bits per heavy atom. The van der Waals surface area contributed by atoms with Crippen LogP contribution in [-0.2, 0) is 9.53 Å². The first-order valence-corrected chi connectivity index (χ1v) is 12.6. The van der Waals surface area contributed by atoms with Gasteiger partial charge in [-0.15, -0.1) is 0 Å². The Morgan fingerprint density at radius 3 is 2.55 bits per heavy atom. The summed E-state index contributed by atoms with van der Waals surface area (Å²) in [6.45, 7) is 12.9. The maximum Gasteiger partial charge on any atom is 0.303 e. The van der Waals surface area contributed by atoms with E-state index in [1.165, 1.54) is 12.6 Å². The third-order valence-electron chi connectivity index (χ3n) is 8.00. The zero-order valence-electron chi connectivity index (χ0n) is 20.3. The summed E-state index contributed by atoms with van der Waals surface area (Å²) in [5.74, 6) is 0.594. The second-order valence-corrected chi connectivity index (χ2v) is 10.7. The molecule has 1 heterocycles. The van der Waals surface area contributed by atoms with E-state index in [0.717, 1.165) is 56.2 Å². The van der Waals surface area contributed by atoms with Crippen LogP contribution in [0.3, 0.4) is 0 Å². The number of benzene rings is 1. The summed E-state index contributed by atoms with van der Waals surface area (Å²) in [4.78, 5) is 16.5. The van der Waals surface area contributed by atoms with Crippen LogP contribution in [-0.4, -0.2) is 60.4 Å². The lowest BCUT2D eigenvalue weighted by molar-refractivity contribution is -0.148. The molecule has 2 radical (unpaired) electrons. The number of piperazine rings is 1. The zero-order chi connectivity index (χ0) is 23.8. The summed E-state index contributed by atoms with van der Waals surface area (Å²) in [6, 6.07) is 8.10. The van der Waals surface area contributed by atoms with Crippen LogP contribution in [0, 0.1) is 30.1 Å². The second-order valence-electron chi connectivity index (χ2n) is 10.3. The molecule has 0 amide bonds. The molecular formula is C27H37ClN2O3. The van der Waals surface area contributed by atoms with Crippen LogP contribution in [0.15, 0.2) is 35.9 Å². The van der Waals surface area contributed by atoms with Gasteiger partial charge in [-0.3, -0.25) is 9.69 Å². The van der Waals surface area contributed by atoms with E-state index in [2.05, 4.69) is 48.3 Å². The van der Waals surface area contributed by atoms with E-state index in [-0.39, 0.29) is 17.8 Å². The van der Waals surface area contributed by atoms with Crippen molar-refractivity contribution in [2.45, 2.75) is 52.2 Å². The van der Waals surface area contributed by atoms with E-state index in [1.54, 1.807) is 0 Å². The highest BCUT2D eigenvalue weighted by molar-refractivity contribution is 6.30. The van der Waals surface area contributed by atoms with Crippen molar-refractivity contribution in [3.8, 4) is 0 Å². The standard InChI is InChI=1S/C27H37ClN2O3/c1-18-15-25-24(10-5-20(3)27(25,32)16-26(18)33-21(4)31)19(2)17-29-11-13-30(14-12-29)23-8-6-22(28)7-9-23/h6-9,15,19-20,24-26,32H,5,10-14,17H2,1-4H3/t19-,20-,24+,25-,26-,27-/m1/s1. The third kappa shape index (κ3) is 5.26. The van der Waals surface area contributed by atoms with Crippen molar-refractivity contribution in [1.29, 1.82) is 0 Å². The van der Waals surface area contributed by atoms with Crippen molar-refractivity contribution < 1.29 is 14.6 Å². The SMILES string of the molecule is CC(=O)O[C@@H]1[C][C@@]2(O)[C@H](C)CC[C@@H]([C@H](C)CN3CCN(c4ccc(Cl)cc4)CC3)[C@H]2C=C1C. The van der Waals surface area contributed by atoms with Gasteiger partial charge in [0, 0.05) is 56.3 Å². The molecule has 1 aromatic carbocycles. The number of fused-ring (bicyclic) bond motifs is 1. The molecule has 2 fully saturated rings. The first-order chi connectivity index (χ1) is 15.7. The number of ether oxygens (including phenoxy) is 1. The van der Waals surface area contributed by atoms with Gasteiger partial charge in [0.25, 0.3) is 0 Å². The highest BCUT2D eigenvalue weighted by Crippen LogP contribution is 2.50. The van der Waals surface area contributed by atoms with Crippen LogP contribution in [0.2, 0.25) is 5.02 Å². The molecule has 1 saturated heterocycles. The summed E-state index contributed by atoms with van der Waals surface area (Å²) < 4.78 is 5.44. The lowest BCUT2D eigenvalue weighted by Gasteiger charge is -2.53. The van der Waals surface area contributed by atoms with Crippen LogP contribution < -0.4 is 4.90 Å². The number of rotatable bonds is 5. The minimum absolute atomic E-state index is 0.0124. The molecule has 1 N–H and O–H groups in total. The summed E-state index contributed by atoms with van der Waals surface area (Å²) in [6.07, 6.45) is 6.96. The van der Waals surface area contributed by atoms with Crippen molar-refractivity contribution in [2.24, 2.45) is 23.7 Å². The lowest BCUT2D eigenvalue weighted by Crippen LogP contribution is -2.57. The van der Waals surface area contributed by atoms with Gasteiger partial charge in [-0.2, -0.15) is 0 Å².